The zero-order valence-electron chi connectivity index (χ0n) is 13.8. The van der Waals surface area contributed by atoms with Gasteiger partial charge in [-0.25, -0.2) is 4.79 Å². The SMILES string of the molecule is CCC1COC(=O)N1C1CCN(C(=O)c2csc(Cl)c2OC)CC1. The van der Waals surface area contributed by atoms with Crippen LogP contribution in [0.3, 0.4) is 0 Å². The normalized spacial score (nSPS) is 22.0. The van der Waals surface area contributed by atoms with E-state index >= 15 is 0 Å². The molecule has 24 heavy (non-hydrogen) atoms. The smallest absolute Gasteiger partial charge is 0.410 e. The second-order valence-corrected chi connectivity index (χ2v) is 7.51. The molecule has 0 spiro atoms. The molecule has 2 aliphatic heterocycles. The van der Waals surface area contributed by atoms with Crippen LogP contribution in [0.25, 0.3) is 0 Å². The Morgan fingerprint density at radius 3 is 2.79 bits per heavy atom. The zero-order valence-corrected chi connectivity index (χ0v) is 15.4. The average molecular weight is 373 g/mol. The maximum absolute atomic E-state index is 12.7. The van der Waals surface area contributed by atoms with Crippen molar-refractivity contribution in [1.82, 2.24) is 9.80 Å². The van der Waals surface area contributed by atoms with Crippen LogP contribution < -0.4 is 4.74 Å². The summed E-state index contributed by atoms with van der Waals surface area (Å²) in [5.41, 5.74) is 0.512. The minimum atomic E-state index is -0.224. The second-order valence-electron chi connectivity index (χ2n) is 6.03. The minimum absolute atomic E-state index is 0.0653. The first-order valence-electron chi connectivity index (χ1n) is 8.12. The zero-order chi connectivity index (χ0) is 17.3. The van der Waals surface area contributed by atoms with Gasteiger partial charge in [0.25, 0.3) is 5.91 Å². The summed E-state index contributed by atoms with van der Waals surface area (Å²) in [5, 5.41) is 1.74. The molecule has 3 rings (SSSR count). The molecule has 0 aliphatic carbocycles. The number of rotatable bonds is 4. The fourth-order valence-electron chi connectivity index (χ4n) is 3.41. The van der Waals surface area contributed by atoms with E-state index in [0.29, 0.717) is 35.3 Å². The van der Waals surface area contributed by atoms with E-state index in [2.05, 4.69) is 6.92 Å². The molecular weight excluding hydrogens is 352 g/mol. The molecule has 2 aliphatic rings. The Kier molecular flexibility index (Phi) is 5.20. The lowest BCUT2D eigenvalue weighted by atomic mass is 10.0. The number of ether oxygens (including phenoxy) is 2. The maximum atomic E-state index is 12.7. The van der Waals surface area contributed by atoms with Crippen LogP contribution in [0.4, 0.5) is 4.79 Å². The van der Waals surface area contributed by atoms with Crippen molar-refractivity contribution in [1.29, 1.82) is 0 Å². The summed E-state index contributed by atoms with van der Waals surface area (Å²) in [6.07, 6.45) is 2.18. The van der Waals surface area contributed by atoms with Crippen LogP contribution in [0.2, 0.25) is 4.34 Å². The largest absolute Gasteiger partial charge is 0.493 e. The van der Waals surface area contributed by atoms with Crippen molar-refractivity contribution in [3.8, 4) is 5.75 Å². The number of hydrogen-bond donors (Lipinski definition) is 0. The van der Waals surface area contributed by atoms with Gasteiger partial charge in [-0.2, -0.15) is 0 Å². The van der Waals surface area contributed by atoms with Gasteiger partial charge in [0.15, 0.2) is 5.75 Å². The molecule has 2 fully saturated rings. The molecule has 8 heteroatoms. The van der Waals surface area contributed by atoms with Crippen molar-refractivity contribution in [3.63, 3.8) is 0 Å². The van der Waals surface area contributed by atoms with Gasteiger partial charge in [-0.1, -0.05) is 18.5 Å². The Balaban J connectivity index is 1.64. The molecule has 0 bridgehead atoms. The lowest BCUT2D eigenvalue weighted by molar-refractivity contribution is 0.0633. The highest BCUT2D eigenvalue weighted by Crippen LogP contribution is 2.36. The summed E-state index contributed by atoms with van der Waals surface area (Å²) in [6.45, 7) is 3.75. The van der Waals surface area contributed by atoms with Crippen molar-refractivity contribution in [2.45, 2.75) is 38.3 Å². The van der Waals surface area contributed by atoms with Gasteiger partial charge in [0, 0.05) is 24.5 Å². The van der Waals surface area contributed by atoms with Gasteiger partial charge in [0.05, 0.1) is 18.7 Å². The molecule has 3 heterocycles. The number of halogens is 1. The minimum Gasteiger partial charge on any atom is -0.493 e. The quantitative estimate of drug-likeness (QED) is 0.814. The molecule has 0 N–H and O–H groups in total. The van der Waals surface area contributed by atoms with E-state index in [4.69, 9.17) is 21.1 Å². The molecule has 1 aromatic heterocycles. The third kappa shape index (κ3) is 3.07. The van der Waals surface area contributed by atoms with Crippen molar-refractivity contribution in [2.24, 2.45) is 0 Å². The predicted molar refractivity (Wildman–Crippen MR) is 92.1 cm³/mol. The number of nitrogens with zero attached hydrogens (tertiary/aromatic N) is 2. The lowest BCUT2D eigenvalue weighted by Gasteiger charge is -2.37. The second kappa shape index (κ2) is 7.19. The topological polar surface area (TPSA) is 59.1 Å². The van der Waals surface area contributed by atoms with Crippen LogP contribution in [0, 0.1) is 0 Å². The monoisotopic (exact) mass is 372 g/mol. The van der Waals surface area contributed by atoms with Gasteiger partial charge in [0.2, 0.25) is 0 Å². The highest BCUT2D eigenvalue weighted by atomic mass is 35.5. The predicted octanol–water partition coefficient (Wildman–Crippen LogP) is 3.25. The molecule has 0 aromatic carbocycles. The Morgan fingerprint density at radius 2 is 2.17 bits per heavy atom. The van der Waals surface area contributed by atoms with Gasteiger partial charge >= 0.3 is 6.09 Å². The van der Waals surface area contributed by atoms with Crippen LogP contribution in [0.15, 0.2) is 5.38 Å². The number of piperidine rings is 1. The van der Waals surface area contributed by atoms with Crippen LogP contribution in [0.5, 0.6) is 5.75 Å². The van der Waals surface area contributed by atoms with E-state index in [-0.39, 0.29) is 24.1 Å². The molecule has 0 radical (unpaired) electrons. The van der Waals surface area contributed by atoms with Gasteiger partial charge in [-0.05, 0) is 19.3 Å². The van der Waals surface area contributed by atoms with E-state index in [0.717, 1.165) is 19.3 Å². The van der Waals surface area contributed by atoms with Crippen LogP contribution in [-0.2, 0) is 4.74 Å². The number of hydrogen-bond acceptors (Lipinski definition) is 5. The molecular formula is C16H21ClN2O4S. The fraction of sp³-hybridized carbons (Fsp3) is 0.625. The Bertz CT molecular complexity index is 628. The van der Waals surface area contributed by atoms with Crippen molar-refractivity contribution < 1.29 is 19.1 Å². The molecule has 2 amide bonds. The molecule has 6 nitrogen and oxygen atoms in total. The highest BCUT2D eigenvalue weighted by Gasteiger charge is 2.39. The number of thiophene rings is 1. The van der Waals surface area contributed by atoms with E-state index < -0.39 is 0 Å². The van der Waals surface area contributed by atoms with Crippen LogP contribution >= 0.6 is 22.9 Å². The molecule has 132 valence electrons. The summed E-state index contributed by atoms with van der Waals surface area (Å²) >= 11 is 7.35. The van der Waals surface area contributed by atoms with Gasteiger partial charge < -0.3 is 14.4 Å². The Labute approximate surface area is 150 Å². The van der Waals surface area contributed by atoms with Crippen LogP contribution in [0.1, 0.15) is 36.5 Å². The maximum Gasteiger partial charge on any atom is 0.410 e. The first kappa shape index (κ1) is 17.4. The van der Waals surface area contributed by atoms with Gasteiger partial charge in [-0.3, -0.25) is 9.69 Å². The van der Waals surface area contributed by atoms with Crippen molar-refractivity contribution in [2.75, 3.05) is 26.8 Å². The van der Waals surface area contributed by atoms with Crippen molar-refractivity contribution in [3.05, 3.63) is 15.3 Å². The fourth-order valence-corrected chi connectivity index (χ4v) is 4.45. The number of amides is 2. The molecule has 1 aromatic rings. The van der Waals surface area contributed by atoms with Crippen molar-refractivity contribution >= 4 is 34.9 Å². The Hall–Kier alpha value is -1.47. The third-order valence-electron chi connectivity index (χ3n) is 4.76. The van der Waals surface area contributed by atoms with E-state index in [1.807, 2.05) is 4.90 Å². The summed E-state index contributed by atoms with van der Waals surface area (Å²) in [7, 11) is 1.51. The number of cyclic esters (lactones) is 1. The molecule has 1 atom stereocenters. The Morgan fingerprint density at radius 1 is 1.46 bits per heavy atom. The molecule has 2 saturated heterocycles. The highest BCUT2D eigenvalue weighted by molar-refractivity contribution is 7.15. The van der Waals surface area contributed by atoms with Gasteiger partial charge in [0.1, 0.15) is 10.9 Å². The van der Waals surface area contributed by atoms with Crippen LogP contribution in [-0.4, -0.2) is 60.7 Å². The van der Waals surface area contributed by atoms with E-state index in [1.54, 1.807) is 10.3 Å². The van der Waals surface area contributed by atoms with E-state index in [9.17, 15) is 9.59 Å². The summed E-state index contributed by atoms with van der Waals surface area (Å²) < 4.78 is 10.9. The standard InChI is InChI=1S/C16H21ClN2O4S/c1-3-10-8-23-16(21)19(10)11-4-6-18(7-5-11)15(20)12-9-24-14(17)13(12)22-2/h9-11H,3-8H2,1-2H3. The number of carbonyl (C=O) groups excluding carboxylic acids is 2. The summed E-state index contributed by atoms with van der Waals surface area (Å²) in [4.78, 5) is 28.3. The number of methoxy groups -OCH3 is 1. The van der Waals surface area contributed by atoms with E-state index in [1.165, 1.54) is 18.4 Å². The third-order valence-corrected chi connectivity index (χ3v) is 5.94. The lowest BCUT2D eigenvalue weighted by Crippen LogP contribution is -2.49. The number of likely N-dealkylation sites (tertiary alicyclic amines) is 1. The number of carbonyl (C=O) groups is 2. The molecule has 0 saturated carbocycles. The first-order valence-corrected chi connectivity index (χ1v) is 9.37. The summed E-state index contributed by atoms with van der Waals surface area (Å²) in [5.74, 6) is 0.382. The molecule has 1 unspecified atom stereocenters. The first-order chi connectivity index (χ1) is 11.6. The summed E-state index contributed by atoms with van der Waals surface area (Å²) in [6, 6.07) is 0.294. The average Bonchev–Trinajstić information content (AvgIpc) is 3.16. The van der Waals surface area contributed by atoms with Gasteiger partial charge in [-0.15, -0.1) is 11.3 Å².